The van der Waals surface area contributed by atoms with Crippen LogP contribution in [0.4, 0.5) is 21.5 Å². The van der Waals surface area contributed by atoms with Gasteiger partial charge in [0, 0.05) is 54.0 Å². The Kier molecular flexibility index (Phi) is 10.0. The van der Waals surface area contributed by atoms with E-state index in [9.17, 15) is 9.59 Å². The lowest BCUT2D eigenvalue weighted by atomic mass is 9.90. The lowest BCUT2D eigenvalue weighted by Gasteiger charge is -2.42. The highest BCUT2D eigenvalue weighted by Crippen LogP contribution is 2.34. The van der Waals surface area contributed by atoms with E-state index < -0.39 is 5.82 Å². The molecule has 0 aliphatic carbocycles. The number of benzene rings is 2. The molecular formula is C29H38FN5O3. The van der Waals surface area contributed by atoms with Crippen LogP contribution in [0, 0.1) is 5.82 Å². The second-order valence-corrected chi connectivity index (χ2v) is 9.86. The van der Waals surface area contributed by atoms with Gasteiger partial charge in [-0.1, -0.05) is 6.58 Å². The SMILES string of the molecule is C=C(Nc1ccc(NC(=O)CC(=O)N2CCCCC2(C)C)cc1)c1c(F)cc(OCCNC)cc1N=CC. The average molecular weight is 524 g/mol. The van der Waals surface area contributed by atoms with Crippen LogP contribution < -0.4 is 20.7 Å². The molecule has 38 heavy (non-hydrogen) atoms. The molecule has 2 amide bonds. The number of anilines is 2. The normalized spacial score (nSPS) is 14.8. The van der Waals surface area contributed by atoms with Crippen molar-refractivity contribution in [1.29, 1.82) is 0 Å². The average Bonchev–Trinajstić information content (AvgIpc) is 2.85. The molecule has 0 bridgehead atoms. The summed E-state index contributed by atoms with van der Waals surface area (Å²) in [5.41, 5.74) is 1.95. The van der Waals surface area contributed by atoms with E-state index in [0.717, 1.165) is 19.3 Å². The molecule has 1 aliphatic rings. The number of nitrogens with zero attached hydrogens (tertiary/aromatic N) is 2. The predicted octanol–water partition coefficient (Wildman–Crippen LogP) is 5.35. The van der Waals surface area contributed by atoms with Gasteiger partial charge in [-0.15, -0.1) is 0 Å². The molecule has 0 unspecified atom stereocenters. The molecule has 8 nitrogen and oxygen atoms in total. The Labute approximate surface area is 224 Å². The van der Waals surface area contributed by atoms with E-state index in [1.807, 2.05) is 25.8 Å². The summed E-state index contributed by atoms with van der Waals surface area (Å²) in [6.07, 6.45) is 4.37. The minimum absolute atomic E-state index is 0.159. The zero-order valence-electron chi connectivity index (χ0n) is 22.7. The molecule has 2 aromatic rings. The summed E-state index contributed by atoms with van der Waals surface area (Å²) in [4.78, 5) is 31.3. The van der Waals surface area contributed by atoms with Gasteiger partial charge >= 0.3 is 0 Å². The van der Waals surface area contributed by atoms with Crippen LogP contribution in [0.5, 0.6) is 5.75 Å². The van der Waals surface area contributed by atoms with Gasteiger partial charge in [0.1, 0.15) is 24.6 Å². The van der Waals surface area contributed by atoms with E-state index in [1.165, 1.54) is 6.07 Å². The Morgan fingerprint density at radius 2 is 1.84 bits per heavy atom. The second kappa shape index (κ2) is 13.2. The third-order valence-corrected chi connectivity index (χ3v) is 6.46. The van der Waals surface area contributed by atoms with E-state index in [0.29, 0.717) is 48.2 Å². The second-order valence-electron chi connectivity index (χ2n) is 9.86. The molecule has 3 rings (SSSR count). The van der Waals surface area contributed by atoms with Gasteiger partial charge in [0.25, 0.3) is 0 Å². The molecule has 0 saturated carbocycles. The van der Waals surface area contributed by atoms with Gasteiger partial charge in [-0.05, 0) is 71.3 Å². The zero-order valence-corrected chi connectivity index (χ0v) is 22.7. The molecule has 1 fully saturated rings. The summed E-state index contributed by atoms with van der Waals surface area (Å²) in [7, 11) is 1.81. The number of hydrogen-bond acceptors (Lipinski definition) is 6. The van der Waals surface area contributed by atoms with Crippen molar-refractivity contribution < 1.29 is 18.7 Å². The number of carbonyl (C=O) groups is 2. The van der Waals surface area contributed by atoms with Gasteiger partial charge in [0.2, 0.25) is 11.8 Å². The highest BCUT2D eigenvalue weighted by molar-refractivity contribution is 6.03. The summed E-state index contributed by atoms with van der Waals surface area (Å²) in [5.74, 6) is -0.636. The molecule has 1 aliphatic heterocycles. The Hall–Kier alpha value is -3.72. The van der Waals surface area contributed by atoms with Crippen molar-refractivity contribution in [2.75, 3.05) is 37.4 Å². The summed E-state index contributed by atoms with van der Waals surface area (Å²) in [5, 5.41) is 8.86. The standard InChI is InChI=1S/C29H38FN5O3/c1-6-32-25-18-23(38-16-14-31-5)17-24(30)28(25)20(2)33-21-9-11-22(12-10-21)34-26(36)19-27(37)35-15-8-7-13-29(35,3)4/h6,9-12,17-18,31,33H,2,7-8,13-16,19H2,1,3-5H3,(H,34,36). The van der Waals surface area contributed by atoms with Crippen molar-refractivity contribution >= 4 is 40.8 Å². The number of nitrogens with one attached hydrogen (secondary N) is 3. The topological polar surface area (TPSA) is 95.1 Å². The van der Waals surface area contributed by atoms with Gasteiger partial charge in [-0.25, -0.2) is 4.39 Å². The quantitative estimate of drug-likeness (QED) is 0.210. The number of aliphatic imine (C=N–C) groups is 1. The number of hydrogen-bond donors (Lipinski definition) is 3. The van der Waals surface area contributed by atoms with Gasteiger partial charge in [-0.2, -0.15) is 0 Å². The molecule has 9 heteroatoms. The van der Waals surface area contributed by atoms with E-state index in [-0.39, 0.29) is 29.3 Å². The summed E-state index contributed by atoms with van der Waals surface area (Å²) >= 11 is 0. The predicted molar refractivity (Wildman–Crippen MR) is 152 cm³/mol. The maximum Gasteiger partial charge on any atom is 0.233 e. The van der Waals surface area contributed by atoms with E-state index in [2.05, 4.69) is 27.5 Å². The van der Waals surface area contributed by atoms with Crippen molar-refractivity contribution in [3.8, 4) is 5.75 Å². The summed E-state index contributed by atoms with van der Waals surface area (Å²) < 4.78 is 20.6. The molecule has 204 valence electrons. The first-order chi connectivity index (χ1) is 18.1. The van der Waals surface area contributed by atoms with Gasteiger partial charge in [0.15, 0.2) is 0 Å². The van der Waals surface area contributed by atoms with Crippen molar-refractivity contribution in [2.24, 2.45) is 4.99 Å². The maximum absolute atomic E-state index is 15.0. The monoisotopic (exact) mass is 523 g/mol. The van der Waals surface area contributed by atoms with Gasteiger partial charge in [-0.3, -0.25) is 14.6 Å². The van der Waals surface area contributed by atoms with Crippen molar-refractivity contribution in [3.05, 3.63) is 54.4 Å². The fourth-order valence-corrected chi connectivity index (χ4v) is 4.50. The number of amides is 2. The third kappa shape index (κ3) is 7.64. The fraction of sp³-hybridized carbons (Fsp3) is 0.414. The number of rotatable bonds is 11. The van der Waals surface area contributed by atoms with E-state index in [1.54, 1.807) is 43.5 Å². The van der Waals surface area contributed by atoms with Crippen LogP contribution in [-0.2, 0) is 9.59 Å². The van der Waals surface area contributed by atoms with Crippen LogP contribution in [-0.4, -0.2) is 55.2 Å². The number of piperidine rings is 1. The molecule has 3 N–H and O–H groups in total. The fourth-order valence-electron chi connectivity index (χ4n) is 4.50. The Bertz CT molecular complexity index is 1180. The molecular weight excluding hydrogens is 485 g/mol. The largest absolute Gasteiger partial charge is 0.492 e. The third-order valence-electron chi connectivity index (χ3n) is 6.46. The molecule has 0 radical (unpaired) electrons. The summed E-state index contributed by atoms with van der Waals surface area (Å²) in [6.45, 7) is 11.5. The number of ether oxygens (including phenoxy) is 1. The number of carbonyl (C=O) groups excluding carboxylic acids is 2. The van der Waals surface area contributed by atoms with Crippen LogP contribution >= 0.6 is 0 Å². The van der Waals surface area contributed by atoms with Crippen LogP contribution in [0.2, 0.25) is 0 Å². The minimum atomic E-state index is -0.504. The number of likely N-dealkylation sites (N-methyl/N-ethyl adjacent to an activating group) is 1. The van der Waals surface area contributed by atoms with Crippen molar-refractivity contribution in [1.82, 2.24) is 10.2 Å². The number of likely N-dealkylation sites (tertiary alicyclic amines) is 1. The Morgan fingerprint density at radius 3 is 2.47 bits per heavy atom. The molecule has 0 aromatic heterocycles. The summed E-state index contributed by atoms with van der Waals surface area (Å²) in [6, 6.07) is 9.90. The Balaban J connectivity index is 1.62. The van der Waals surface area contributed by atoms with Crippen LogP contribution in [0.3, 0.4) is 0 Å². The lowest BCUT2D eigenvalue weighted by Crippen LogP contribution is -2.51. The first-order valence-electron chi connectivity index (χ1n) is 12.9. The molecule has 1 heterocycles. The molecule has 1 saturated heterocycles. The highest BCUT2D eigenvalue weighted by atomic mass is 19.1. The van der Waals surface area contributed by atoms with Crippen molar-refractivity contribution in [2.45, 2.75) is 52.0 Å². The van der Waals surface area contributed by atoms with Crippen LogP contribution in [0.25, 0.3) is 5.70 Å². The Morgan fingerprint density at radius 1 is 1.16 bits per heavy atom. The van der Waals surface area contributed by atoms with Crippen molar-refractivity contribution in [3.63, 3.8) is 0 Å². The van der Waals surface area contributed by atoms with Gasteiger partial charge in [0.05, 0.1) is 11.3 Å². The first-order valence-corrected chi connectivity index (χ1v) is 12.9. The van der Waals surface area contributed by atoms with E-state index in [4.69, 9.17) is 4.74 Å². The molecule has 0 spiro atoms. The molecule has 2 aromatic carbocycles. The number of halogens is 1. The van der Waals surface area contributed by atoms with Crippen LogP contribution in [0.1, 0.15) is 52.0 Å². The maximum atomic E-state index is 15.0. The van der Waals surface area contributed by atoms with Gasteiger partial charge < -0.3 is 25.6 Å². The zero-order chi connectivity index (χ0) is 27.7. The van der Waals surface area contributed by atoms with Crippen LogP contribution in [0.15, 0.2) is 48.0 Å². The first kappa shape index (κ1) is 28.8. The van der Waals surface area contributed by atoms with E-state index >= 15 is 4.39 Å². The smallest absolute Gasteiger partial charge is 0.233 e. The minimum Gasteiger partial charge on any atom is -0.492 e. The highest BCUT2D eigenvalue weighted by Gasteiger charge is 2.33. The lowest BCUT2D eigenvalue weighted by molar-refractivity contribution is -0.140. The molecule has 0 atom stereocenters.